The van der Waals surface area contributed by atoms with Gasteiger partial charge in [-0.05, 0) is 116 Å². The van der Waals surface area contributed by atoms with Crippen LogP contribution in [-0.4, -0.2) is 4.57 Å². The molecule has 3 nitrogen and oxygen atoms in total. The van der Waals surface area contributed by atoms with Gasteiger partial charge in [-0.2, -0.15) is 0 Å². The summed E-state index contributed by atoms with van der Waals surface area (Å²) in [6, 6.07) is 79.7. The minimum absolute atomic E-state index is 0.104. The van der Waals surface area contributed by atoms with Crippen molar-refractivity contribution in [1.29, 1.82) is 0 Å². The highest BCUT2D eigenvalue weighted by Crippen LogP contribution is 2.53. The van der Waals surface area contributed by atoms with Crippen LogP contribution in [0.25, 0.3) is 93.6 Å². The number of aromatic nitrogens is 1. The van der Waals surface area contributed by atoms with E-state index < -0.39 is 0 Å². The molecule has 0 bridgehead atoms. The van der Waals surface area contributed by atoms with Crippen molar-refractivity contribution in [3.63, 3.8) is 0 Å². The number of hydrogen-bond donors (Lipinski definition) is 0. The molecule has 10 aromatic carbocycles. The Hall–Kier alpha value is -8.14. The smallest absolute Gasteiger partial charge is 0.139 e. The quantitative estimate of drug-likeness (QED) is 0.167. The average molecular weight is 819 g/mol. The maximum Gasteiger partial charge on any atom is 0.139 e. The van der Waals surface area contributed by atoms with Gasteiger partial charge in [0.25, 0.3) is 0 Å². The number of fused-ring (bicyclic) bond motifs is 10. The van der Waals surface area contributed by atoms with Crippen molar-refractivity contribution in [2.45, 2.75) is 19.3 Å². The van der Waals surface area contributed by atoms with Crippen LogP contribution in [0.5, 0.6) is 0 Å². The summed E-state index contributed by atoms with van der Waals surface area (Å²) in [7, 11) is 0. The lowest BCUT2D eigenvalue weighted by Gasteiger charge is -2.28. The zero-order valence-corrected chi connectivity index (χ0v) is 35.6. The predicted molar refractivity (Wildman–Crippen MR) is 269 cm³/mol. The van der Waals surface area contributed by atoms with Crippen LogP contribution in [0.4, 0.5) is 17.1 Å². The van der Waals surface area contributed by atoms with Crippen LogP contribution < -0.4 is 4.90 Å². The van der Waals surface area contributed by atoms with Crippen molar-refractivity contribution >= 4 is 71.6 Å². The zero-order valence-electron chi connectivity index (χ0n) is 35.6. The van der Waals surface area contributed by atoms with Gasteiger partial charge in [-0.25, -0.2) is 0 Å². The highest BCUT2D eigenvalue weighted by molar-refractivity contribution is 6.28. The van der Waals surface area contributed by atoms with Gasteiger partial charge in [0.15, 0.2) is 0 Å². The maximum atomic E-state index is 6.90. The molecule has 0 spiro atoms. The molecule has 2 heterocycles. The molecule has 0 fully saturated rings. The van der Waals surface area contributed by atoms with Gasteiger partial charge in [-0.15, -0.1) is 0 Å². The van der Waals surface area contributed by atoms with E-state index in [9.17, 15) is 0 Å². The lowest BCUT2D eigenvalue weighted by molar-refractivity contribution is 0.660. The Morgan fingerprint density at radius 2 is 1.05 bits per heavy atom. The normalized spacial score (nSPS) is 13.0. The number of nitrogens with zero attached hydrogens (tertiary/aromatic N) is 2. The summed E-state index contributed by atoms with van der Waals surface area (Å²) < 4.78 is 9.32. The monoisotopic (exact) mass is 818 g/mol. The van der Waals surface area contributed by atoms with Crippen LogP contribution >= 0.6 is 0 Å². The number of furan rings is 1. The molecule has 0 aliphatic heterocycles. The molecule has 1 aliphatic carbocycles. The van der Waals surface area contributed by atoms with Crippen LogP contribution in [0.3, 0.4) is 0 Å². The molecule has 3 heteroatoms. The van der Waals surface area contributed by atoms with Gasteiger partial charge in [0, 0.05) is 44.7 Å². The van der Waals surface area contributed by atoms with Gasteiger partial charge in [0.05, 0.1) is 22.1 Å². The highest BCUT2D eigenvalue weighted by atomic mass is 16.3. The molecular formula is C61H42N2O. The second kappa shape index (κ2) is 13.9. The predicted octanol–water partition coefficient (Wildman–Crippen LogP) is 16.9. The van der Waals surface area contributed by atoms with Gasteiger partial charge in [0.2, 0.25) is 0 Å². The van der Waals surface area contributed by atoms with E-state index in [0.29, 0.717) is 0 Å². The van der Waals surface area contributed by atoms with Crippen LogP contribution in [0.2, 0.25) is 0 Å². The van der Waals surface area contributed by atoms with E-state index in [4.69, 9.17) is 4.42 Å². The standard InChI is InChI=1S/C61H42N2O/c1-61(2)52-23-13-11-21-48(52)49-33-28-44(37-53(49)61)43-29-34-54-51(36-43)58-55(63(54)45-19-7-4-8-20-45)38-57-59(50-22-12-14-24-56(50)64-57)60(58)62(47-32-27-40-17-9-10-18-42(40)35-47)46-30-25-41(26-31-46)39-15-5-3-6-16-39/h3-38H,1-2H3. The van der Waals surface area contributed by atoms with Crippen molar-refractivity contribution in [3.05, 3.63) is 230 Å². The third kappa shape index (κ3) is 5.47. The molecule has 0 atom stereocenters. The number of para-hydroxylation sites is 2. The molecule has 0 N–H and O–H groups in total. The van der Waals surface area contributed by atoms with Gasteiger partial charge in [-0.1, -0.05) is 166 Å². The van der Waals surface area contributed by atoms with Crippen molar-refractivity contribution in [2.75, 3.05) is 4.90 Å². The Morgan fingerprint density at radius 3 is 1.89 bits per heavy atom. The Balaban J connectivity index is 1.15. The third-order valence-corrected chi connectivity index (χ3v) is 13.7. The zero-order chi connectivity index (χ0) is 42.5. The molecule has 0 amide bonds. The first kappa shape index (κ1) is 36.5. The van der Waals surface area contributed by atoms with E-state index in [1.807, 2.05) is 0 Å². The molecule has 0 radical (unpaired) electrons. The average Bonchev–Trinajstić information content (AvgIpc) is 3.96. The van der Waals surface area contributed by atoms with Crippen molar-refractivity contribution in [3.8, 4) is 39.1 Å². The summed E-state index contributed by atoms with van der Waals surface area (Å²) in [5.41, 5.74) is 18.3. The van der Waals surface area contributed by atoms with Gasteiger partial charge in [-0.3, -0.25) is 0 Å². The van der Waals surface area contributed by atoms with Gasteiger partial charge >= 0.3 is 0 Å². The molecule has 0 saturated carbocycles. The number of rotatable bonds is 6. The molecule has 64 heavy (non-hydrogen) atoms. The van der Waals surface area contributed by atoms with Crippen molar-refractivity contribution in [1.82, 2.24) is 4.57 Å². The van der Waals surface area contributed by atoms with Crippen LogP contribution in [0, 0.1) is 0 Å². The molecule has 12 aromatic rings. The lowest BCUT2D eigenvalue weighted by Crippen LogP contribution is -2.14. The molecule has 13 rings (SSSR count). The maximum absolute atomic E-state index is 6.90. The van der Waals surface area contributed by atoms with Crippen molar-refractivity contribution in [2.24, 2.45) is 0 Å². The van der Waals surface area contributed by atoms with Gasteiger partial charge < -0.3 is 13.9 Å². The second-order valence-corrected chi connectivity index (χ2v) is 17.7. The minimum Gasteiger partial charge on any atom is -0.456 e. The summed E-state index contributed by atoms with van der Waals surface area (Å²) in [4.78, 5) is 2.48. The van der Waals surface area contributed by atoms with E-state index in [-0.39, 0.29) is 5.41 Å². The molecule has 0 saturated heterocycles. The Kier molecular flexibility index (Phi) is 7.95. The number of benzene rings is 10. The summed E-state index contributed by atoms with van der Waals surface area (Å²) in [5.74, 6) is 0. The van der Waals surface area contributed by atoms with E-state index in [1.165, 1.54) is 60.7 Å². The largest absolute Gasteiger partial charge is 0.456 e. The summed E-state index contributed by atoms with van der Waals surface area (Å²) >= 11 is 0. The SMILES string of the molecule is CC1(C)c2ccccc2-c2ccc(-c3ccc4c(c3)c3c(N(c5ccc(-c6ccccc6)cc5)c5ccc6ccccc6c5)c5c(cc3n4-c3ccccc3)oc3ccccc35)cc21. The summed E-state index contributed by atoms with van der Waals surface area (Å²) in [5, 5.41) is 6.88. The van der Waals surface area contributed by atoms with E-state index >= 15 is 0 Å². The van der Waals surface area contributed by atoms with E-state index in [2.05, 4.69) is 242 Å². The Morgan fingerprint density at radius 1 is 0.406 bits per heavy atom. The topological polar surface area (TPSA) is 21.3 Å². The summed E-state index contributed by atoms with van der Waals surface area (Å²) in [6.45, 7) is 4.72. The second-order valence-electron chi connectivity index (χ2n) is 17.7. The first-order valence-corrected chi connectivity index (χ1v) is 22.2. The fourth-order valence-electron chi connectivity index (χ4n) is 10.7. The lowest BCUT2D eigenvalue weighted by atomic mass is 9.81. The Labute approximate surface area is 371 Å². The van der Waals surface area contributed by atoms with E-state index in [0.717, 1.165) is 61.1 Å². The first-order chi connectivity index (χ1) is 31.5. The van der Waals surface area contributed by atoms with Crippen molar-refractivity contribution < 1.29 is 4.42 Å². The summed E-state index contributed by atoms with van der Waals surface area (Å²) in [6.07, 6.45) is 0. The molecule has 1 aliphatic rings. The fourth-order valence-corrected chi connectivity index (χ4v) is 10.7. The number of hydrogen-bond acceptors (Lipinski definition) is 2. The molecular weight excluding hydrogens is 777 g/mol. The minimum atomic E-state index is -0.104. The van der Waals surface area contributed by atoms with Crippen LogP contribution in [0.15, 0.2) is 223 Å². The first-order valence-electron chi connectivity index (χ1n) is 22.2. The molecule has 302 valence electrons. The van der Waals surface area contributed by atoms with Crippen LogP contribution in [-0.2, 0) is 5.41 Å². The molecule has 2 aromatic heterocycles. The van der Waals surface area contributed by atoms with Gasteiger partial charge in [0.1, 0.15) is 11.2 Å². The molecule has 0 unspecified atom stereocenters. The highest BCUT2D eigenvalue weighted by Gasteiger charge is 2.35. The third-order valence-electron chi connectivity index (χ3n) is 13.7. The van der Waals surface area contributed by atoms with E-state index in [1.54, 1.807) is 0 Å². The Bertz CT molecular complexity index is 3800. The number of anilines is 3. The fraction of sp³-hybridized carbons (Fsp3) is 0.0492. The van der Waals surface area contributed by atoms with Crippen LogP contribution in [0.1, 0.15) is 25.0 Å².